The number of ether oxygens (including phenoxy) is 1. The lowest BCUT2D eigenvalue weighted by Gasteiger charge is -2.14. The molecule has 100 valence electrons. The monoisotopic (exact) mass is 450 g/mol. The van der Waals surface area contributed by atoms with Gasteiger partial charge in [0.1, 0.15) is 5.75 Å². The van der Waals surface area contributed by atoms with Crippen LogP contribution in [0.1, 0.15) is 23.4 Å². The van der Waals surface area contributed by atoms with Crippen molar-refractivity contribution in [2.75, 3.05) is 6.61 Å². The highest BCUT2D eigenvalue weighted by atomic mass is 127. The minimum atomic E-state index is -0.165. The molecule has 0 N–H and O–H groups in total. The van der Waals surface area contributed by atoms with E-state index in [0.717, 1.165) is 21.3 Å². The zero-order chi connectivity index (χ0) is 13.8. The lowest BCUT2D eigenvalue weighted by Crippen LogP contribution is -1.97. The largest absolute Gasteiger partial charge is 0.494 e. The van der Waals surface area contributed by atoms with Crippen LogP contribution in [0.4, 0.5) is 0 Å². The van der Waals surface area contributed by atoms with Crippen LogP contribution in [0, 0.1) is 3.57 Å². The van der Waals surface area contributed by atoms with Crippen LogP contribution in [0.2, 0.25) is 0 Å². The van der Waals surface area contributed by atoms with Crippen LogP contribution in [0.3, 0.4) is 0 Å². The summed E-state index contributed by atoms with van der Waals surface area (Å²) in [5, 5.41) is -0.165. The van der Waals surface area contributed by atoms with Crippen LogP contribution < -0.4 is 4.74 Å². The summed E-state index contributed by atoms with van der Waals surface area (Å²) in [5.41, 5.74) is 2.14. The van der Waals surface area contributed by atoms with Gasteiger partial charge in [-0.05, 0) is 64.9 Å². The first-order valence-electron chi connectivity index (χ1n) is 5.93. The zero-order valence-electron chi connectivity index (χ0n) is 10.4. The maximum Gasteiger partial charge on any atom is 0.120 e. The van der Waals surface area contributed by atoms with Gasteiger partial charge in [0.15, 0.2) is 0 Å². The lowest BCUT2D eigenvalue weighted by molar-refractivity contribution is 0.340. The average Bonchev–Trinajstić information content (AvgIpc) is 2.39. The molecule has 0 saturated carbocycles. The van der Waals surface area contributed by atoms with Gasteiger partial charge in [-0.25, -0.2) is 0 Å². The first-order valence-corrected chi connectivity index (χ1v) is 8.24. The number of hydrogen-bond donors (Lipinski definition) is 0. The van der Waals surface area contributed by atoms with Gasteiger partial charge in [0.05, 0.1) is 12.0 Å². The third-order valence-electron chi connectivity index (χ3n) is 2.72. The van der Waals surface area contributed by atoms with Gasteiger partial charge < -0.3 is 4.74 Å². The molecule has 0 fully saturated rings. The Morgan fingerprint density at radius 3 is 2.47 bits per heavy atom. The summed E-state index contributed by atoms with van der Waals surface area (Å²) in [5.74, 6) is 0.851. The van der Waals surface area contributed by atoms with Gasteiger partial charge in [0, 0.05) is 8.04 Å². The molecular weight excluding hydrogens is 438 g/mol. The predicted molar refractivity (Wildman–Crippen MR) is 92.2 cm³/mol. The summed E-state index contributed by atoms with van der Waals surface area (Å²) in [6.45, 7) is 2.63. The Morgan fingerprint density at radius 2 is 1.89 bits per heavy atom. The van der Waals surface area contributed by atoms with Gasteiger partial charge in [-0.2, -0.15) is 0 Å². The highest BCUT2D eigenvalue weighted by Gasteiger charge is 2.14. The van der Waals surface area contributed by atoms with Gasteiger partial charge >= 0.3 is 0 Å². The zero-order valence-corrected chi connectivity index (χ0v) is 14.9. The summed E-state index contributed by atoms with van der Waals surface area (Å²) in [7, 11) is 0. The molecule has 0 aliphatic heterocycles. The molecule has 2 aromatic rings. The summed E-state index contributed by atoms with van der Waals surface area (Å²) in [6.07, 6.45) is 0. The molecule has 0 bridgehead atoms. The molecule has 2 aromatic carbocycles. The van der Waals surface area contributed by atoms with E-state index >= 15 is 0 Å². The number of halogens is 3. The first-order chi connectivity index (χ1) is 9.11. The third kappa shape index (κ3) is 3.86. The van der Waals surface area contributed by atoms with Crippen molar-refractivity contribution in [1.82, 2.24) is 0 Å². The van der Waals surface area contributed by atoms with E-state index in [1.165, 1.54) is 3.57 Å². The van der Waals surface area contributed by atoms with Crippen LogP contribution in [0.15, 0.2) is 46.9 Å². The molecular formula is C15H13BrClIO. The summed E-state index contributed by atoms with van der Waals surface area (Å²) < 4.78 is 7.64. The van der Waals surface area contributed by atoms with Crippen LogP contribution in [-0.4, -0.2) is 6.61 Å². The molecule has 0 spiro atoms. The minimum absolute atomic E-state index is 0.165. The van der Waals surface area contributed by atoms with Crippen LogP contribution in [-0.2, 0) is 0 Å². The average molecular weight is 452 g/mol. The van der Waals surface area contributed by atoms with Gasteiger partial charge in [-0.1, -0.05) is 34.1 Å². The number of benzene rings is 2. The van der Waals surface area contributed by atoms with Gasteiger partial charge in [0.25, 0.3) is 0 Å². The van der Waals surface area contributed by atoms with Crippen molar-refractivity contribution in [2.45, 2.75) is 12.3 Å². The SMILES string of the molecule is CCOc1ccc(C(Cl)c2ccc(I)cc2)c(Br)c1. The van der Waals surface area contributed by atoms with Crippen LogP contribution in [0.5, 0.6) is 5.75 Å². The molecule has 0 heterocycles. The molecule has 1 atom stereocenters. The van der Waals surface area contributed by atoms with Crippen molar-refractivity contribution < 1.29 is 4.74 Å². The van der Waals surface area contributed by atoms with Gasteiger partial charge in [-0.3, -0.25) is 0 Å². The Balaban J connectivity index is 2.28. The van der Waals surface area contributed by atoms with E-state index in [1.807, 2.05) is 25.1 Å². The smallest absolute Gasteiger partial charge is 0.120 e. The molecule has 19 heavy (non-hydrogen) atoms. The lowest BCUT2D eigenvalue weighted by atomic mass is 10.0. The highest BCUT2D eigenvalue weighted by Crippen LogP contribution is 2.35. The van der Waals surface area contributed by atoms with Crippen molar-refractivity contribution in [3.8, 4) is 5.75 Å². The van der Waals surface area contributed by atoms with E-state index < -0.39 is 0 Å². The van der Waals surface area contributed by atoms with Crippen LogP contribution >= 0.6 is 50.1 Å². The molecule has 0 aromatic heterocycles. The summed E-state index contributed by atoms with van der Waals surface area (Å²) >= 11 is 12.4. The van der Waals surface area contributed by atoms with E-state index in [-0.39, 0.29) is 5.38 Å². The fourth-order valence-corrected chi connectivity index (χ4v) is 3.20. The Kier molecular flexibility index (Phi) is 5.54. The fourth-order valence-electron chi connectivity index (χ4n) is 1.78. The maximum absolute atomic E-state index is 6.55. The molecule has 0 saturated heterocycles. The minimum Gasteiger partial charge on any atom is -0.494 e. The standard InChI is InChI=1S/C15H13BrClIO/c1-2-19-12-7-8-13(14(16)9-12)15(17)10-3-5-11(18)6-4-10/h3-9,15H,2H2,1H3. The van der Waals surface area contributed by atoms with E-state index in [1.54, 1.807) is 0 Å². The molecule has 1 unspecified atom stereocenters. The second kappa shape index (κ2) is 6.95. The number of rotatable bonds is 4. The molecule has 1 nitrogen and oxygen atoms in total. The van der Waals surface area contributed by atoms with E-state index in [9.17, 15) is 0 Å². The maximum atomic E-state index is 6.55. The second-order valence-electron chi connectivity index (χ2n) is 4.03. The van der Waals surface area contributed by atoms with Crippen molar-refractivity contribution >= 4 is 50.1 Å². The topological polar surface area (TPSA) is 9.23 Å². The first kappa shape index (κ1) is 15.1. The quantitative estimate of drug-likeness (QED) is 0.423. The predicted octanol–water partition coefficient (Wildman–Crippen LogP) is 5.78. The summed E-state index contributed by atoms with van der Waals surface area (Å²) in [4.78, 5) is 0. The van der Waals surface area contributed by atoms with Crippen molar-refractivity contribution in [3.05, 3.63) is 61.6 Å². The van der Waals surface area contributed by atoms with E-state index in [4.69, 9.17) is 16.3 Å². The Bertz CT molecular complexity index is 557. The third-order valence-corrected chi connectivity index (χ3v) is 4.61. The number of hydrogen-bond acceptors (Lipinski definition) is 1. The Labute approximate surface area is 140 Å². The van der Waals surface area contributed by atoms with Gasteiger partial charge in [-0.15, -0.1) is 11.6 Å². The van der Waals surface area contributed by atoms with Crippen molar-refractivity contribution in [1.29, 1.82) is 0 Å². The van der Waals surface area contributed by atoms with Crippen molar-refractivity contribution in [3.63, 3.8) is 0 Å². The molecule has 0 aliphatic carbocycles. The number of alkyl halides is 1. The second-order valence-corrected chi connectivity index (χ2v) is 6.57. The Morgan fingerprint density at radius 1 is 1.21 bits per heavy atom. The van der Waals surface area contributed by atoms with Crippen LogP contribution in [0.25, 0.3) is 0 Å². The Hall–Kier alpha value is -0.260. The molecule has 4 heteroatoms. The fraction of sp³-hybridized carbons (Fsp3) is 0.200. The highest BCUT2D eigenvalue weighted by molar-refractivity contribution is 14.1. The van der Waals surface area contributed by atoms with E-state index in [2.05, 4.69) is 62.8 Å². The molecule has 0 amide bonds. The molecule has 0 radical (unpaired) electrons. The molecule has 0 aliphatic rings. The normalized spacial score (nSPS) is 12.2. The van der Waals surface area contributed by atoms with Gasteiger partial charge in [0.2, 0.25) is 0 Å². The van der Waals surface area contributed by atoms with Crippen molar-refractivity contribution in [2.24, 2.45) is 0 Å². The summed E-state index contributed by atoms with van der Waals surface area (Å²) in [6, 6.07) is 14.2. The molecule has 2 rings (SSSR count). The van der Waals surface area contributed by atoms with E-state index in [0.29, 0.717) is 6.61 Å².